The lowest BCUT2D eigenvalue weighted by molar-refractivity contribution is -0.152. The smallest absolute Gasteiger partial charge is 0.323 e. The van der Waals surface area contributed by atoms with E-state index in [1.807, 2.05) is 41.3 Å². The van der Waals surface area contributed by atoms with Gasteiger partial charge in [-0.25, -0.2) is 5.01 Å². The van der Waals surface area contributed by atoms with Crippen LogP contribution in [0.25, 0.3) is 0 Å². The average molecular weight is 514 g/mol. The Balaban J connectivity index is 1.66. The van der Waals surface area contributed by atoms with Gasteiger partial charge in [-0.15, -0.1) is 0 Å². The van der Waals surface area contributed by atoms with Gasteiger partial charge >= 0.3 is 5.97 Å². The van der Waals surface area contributed by atoms with E-state index in [1.165, 1.54) is 5.01 Å². The fourth-order valence-electron chi connectivity index (χ4n) is 4.87. The Hall–Kier alpha value is -3.10. The number of amides is 1. The molecule has 0 aromatic heterocycles. The molecule has 2 aliphatic rings. The van der Waals surface area contributed by atoms with Gasteiger partial charge in [0.2, 0.25) is 0 Å². The van der Waals surface area contributed by atoms with E-state index in [-0.39, 0.29) is 18.4 Å². The third-order valence-corrected chi connectivity index (χ3v) is 6.99. The molecule has 9 heteroatoms. The van der Waals surface area contributed by atoms with Gasteiger partial charge in [-0.1, -0.05) is 36.2 Å². The van der Waals surface area contributed by atoms with Crippen molar-refractivity contribution in [2.24, 2.45) is 5.10 Å². The van der Waals surface area contributed by atoms with Crippen molar-refractivity contribution in [1.82, 2.24) is 9.91 Å². The number of piperidine rings is 1. The van der Waals surface area contributed by atoms with Crippen molar-refractivity contribution in [1.29, 1.82) is 0 Å². The molecule has 0 radical (unpaired) electrons. The van der Waals surface area contributed by atoms with E-state index in [4.69, 9.17) is 30.9 Å². The molecule has 2 atom stereocenters. The highest BCUT2D eigenvalue weighted by Crippen LogP contribution is 2.40. The van der Waals surface area contributed by atoms with Crippen LogP contribution in [0.4, 0.5) is 0 Å². The molecule has 4 rings (SSSR count). The van der Waals surface area contributed by atoms with Gasteiger partial charge in [0.1, 0.15) is 17.5 Å². The van der Waals surface area contributed by atoms with Gasteiger partial charge in [0.25, 0.3) is 5.91 Å². The van der Waals surface area contributed by atoms with Crippen molar-refractivity contribution < 1.29 is 23.8 Å². The monoisotopic (exact) mass is 513 g/mol. The number of nitrogens with zero attached hydrogens (tertiary/aromatic N) is 3. The van der Waals surface area contributed by atoms with Crippen LogP contribution in [0.2, 0.25) is 5.02 Å². The van der Waals surface area contributed by atoms with Crippen molar-refractivity contribution >= 4 is 29.2 Å². The molecule has 0 saturated carbocycles. The molecule has 192 valence electrons. The van der Waals surface area contributed by atoms with Gasteiger partial charge in [0.15, 0.2) is 0 Å². The maximum absolute atomic E-state index is 13.7. The number of ether oxygens (including phenoxy) is 3. The number of esters is 1. The highest BCUT2D eigenvalue weighted by atomic mass is 35.5. The van der Waals surface area contributed by atoms with E-state index in [0.717, 1.165) is 29.7 Å². The maximum atomic E-state index is 13.7. The predicted molar refractivity (Wildman–Crippen MR) is 138 cm³/mol. The van der Waals surface area contributed by atoms with Crippen LogP contribution in [0.3, 0.4) is 0 Å². The molecular weight excluding hydrogens is 482 g/mol. The molecule has 2 aromatic rings. The summed E-state index contributed by atoms with van der Waals surface area (Å²) in [7, 11) is 3.18. The molecule has 0 N–H and O–H groups in total. The summed E-state index contributed by atoms with van der Waals surface area (Å²) in [6, 6.07) is 12.2. The Morgan fingerprint density at radius 1 is 1.11 bits per heavy atom. The first-order valence-corrected chi connectivity index (χ1v) is 12.6. The number of carbonyl (C=O) groups is 2. The standard InChI is InChI=1S/C27H32ClN3O5/c1-4-36-27(33)23-11-7-8-14-30(23)17-26(32)31-24(20-13-12-18(34-2)15-25(20)35-3)16-22(29-31)19-9-5-6-10-21(19)28/h5-6,9-10,12-13,15,23-24H,4,7-8,11,14,16-17H2,1-3H3/t23-,24-/m0/s1. The number of rotatable bonds is 8. The number of carbonyl (C=O) groups excluding carboxylic acids is 2. The molecule has 0 aliphatic carbocycles. The minimum atomic E-state index is -0.425. The van der Waals surface area contributed by atoms with E-state index in [9.17, 15) is 9.59 Å². The van der Waals surface area contributed by atoms with Crippen molar-refractivity contribution in [3.63, 3.8) is 0 Å². The molecule has 36 heavy (non-hydrogen) atoms. The molecule has 2 aliphatic heterocycles. The molecule has 1 amide bonds. The minimum absolute atomic E-state index is 0.0672. The average Bonchev–Trinajstić information content (AvgIpc) is 3.34. The number of hydrogen-bond acceptors (Lipinski definition) is 7. The fourth-order valence-corrected chi connectivity index (χ4v) is 5.11. The van der Waals surface area contributed by atoms with Crippen molar-refractivity contribution in [3.8, 4) is 11.5 Å². The van der Waals surface area contributed by atoms with E-state index >= 15 is 0 Å². The third kappa shape index (κ3) is 5.50. The second kappa shape index (κ2) is 11.8. The molecule has 0 spiro atoms. The van der Waals surface area contributed by atoms with E-state index in [2.05, 4.69) is 0 Å². The molecule has 1 saturated heterocycles. The third-order valence-electron chi connectivity index (χ3n) is 6.66. The lowest BCUT2D eigenvalue weighted by atomic mass is 9.97. The minimum Gasteiger partial charge on any atom is -0.497 e. The Morgan fingerprint density at radius 2 is 1.92 bits per heavy atom. The normalized spacial score (nSPS) is 20.1. The van der Waals surface area contributed by atoms with Crippen molar-refractivity contribution in [2.75, 3.05) is 33.9 Å². The Kier molecular flexibility index (Phi) is 8.48. The largest absolute Gasteiger partial charge is 0.497 e. The van der Waals surface area contributed by atoms with Crippen molar-refractivity contribution in [2.45, 2.75) is 44.7 Å². The molecule has 0 bridgehead atoms. The summed E-state index contributed by atoms with van der Waals surface area (Å²) in [5.41, 5.74) is 2.32. The number of likely N-dealkylation sites (tertiary alicyclic amines) is 1. The second-order valence-electron chi connectivity index (χ2n) is 8.83. The summed E-state index contributed by atoms with van der Waals surface area (Å²) < 4.78 is 16.3. The van der Waals surface area contributed by atoms with Gasteiger partial charge in [-0.05, 0) is 44.5 Å². The zero-order chi connectivity index (χ0) is 25.7. The molecular formula is C27H32ClN3O5. The molecule has 1 fully saturated rings. The van der Waals surface area contributed by atoms with Gasteiger partial charge in [0, 0.05) is 28.6 Å². The lowest BCUT2D eigenvalue weighted by Gasteiger charge is -2.34. The van der Waals surface area contributed by atoms with Crippen LogP contribution >= 0.6 is 11.6 Å². The summed E-state index contributed by atoms with van der Waals surface area (Å²) in [6.45, 7) is 2.82. The Morgan fingerprint density at radius 3 is 2.64 bits per heavy atom. The quantitative estimate of drug-likeness (QED) is 0.485. The Bertz CT molecular complexity index is 1140. The number of hydrazone groups is 1. The van der Waals surface area contributed by atoms with Crippen LogP contribution in [0.1, 0.15) is 49.8 Å². The van der Waals surface area contributed by atoms with E-state index < -0.39 is 12.1 Å². The molecule has 2 aromatic carbocycles. The van der Waals surface area contributed by atoms with Crippen LogP contribution in [0.15, 0.2) is 47.6 Å². The fraction of sp³-hybridized carbons (Fsp3) is 0.444. The van der Waals surface area contributed by atoms with Crippen molar-refractivity contribution in [3.05, 3.63) is 58.6 Å². The number of benzene rings is 2. The first kappa shape index (κ1) is 26.0. The van der Waals surface area contributed by atoms with E-state index in [1.54, 1.807) is 27.2 Å². The Labute approximate surface area is 216 Å². The van der Waals surface area contributed by atoms with Gasteiger partial charge in [0.05, 0.1) is 39.1 Å². The zero-order valence-corrected chi connectivity index (χ0v) is 21.7. The molecule has 0 unspecified atom stereocenters. The summed E-state index contributed by atoms with van der Waals surface area (Å²) >= 11 is 6.48. The summed E-state index contributed by atoms with van der Waals surface area (Å²) in [5.74, 6) is 0.788. The molecule has 2 heterocycles. The lowest BCUT2D eigenvalue weighted by Crippen LogP contribution is -2.49. The van der Waals surface area contributed by atoms with Crippen LogP contribution < -0.4 is 9.47 Å². The van der Waals surface area contributed by atoms with Gasteiger partial charge < -0.3 is 14.2 Å². The number of halogens is 1. The van der Waals surface area contributed by atoms with Crippen LogP contribution in [0.5, 0.6) is 11.5 Å². The summed E-state index contributed by atoms with van der Waals surface area (Å²) in [5, 5.41) is 6.84. The molecule has 8 nitrogen and oxygen atoms in total. The van der Waals surface area contributed by atoms with Gasteiger partial charge in [-0.2, -0.15) is 5.10 Å². The van der Waals surface area contributed by atoms with Crippen LogP contribution in [0, 0.1) is 0 Å². The summed E-state index contributed by atoms with van der Waals surface area (Å²) in [4.78, 5) is 28.2. The number of hydrogen-bond donors (Lipinski definition) is 0. The highest BCUT2D eigenvalue weighted by molar-refractivity contribution is 6.34. The van der Waals surface area contributed by atoms with Gasteiger partial charge in [-0.3, -0.25) is 14.5 Å². The van der Waals surface area contributed by atoms with Crippen LogP contribution in [-0.4, -0.2) is 67.5 Å². The predicted octanol–water partition coefficient (Wildman–Crippen LogP) is 4.45. The summed E-state index contributed by atoms with van der Waals surface area (Å²) in [6.07, 6.45) is 3.00. The second-order valence-corrected chi connectivity index (χ2v) is 9.23. The number of methoxy groups -OCH3 is 2. The highest BCUT2D eigenvalue weighted by Gasteiger charge is 2.38. The SMILES string of the molecule is CCOC(=O)[C@@H]1CCCCN1CC(=O)N1N=C(c2ccccc2Cl)C[C@H]1c1ccc(OC)cc1OC. The van der Waals surface area contributed by atoms with Crippen LogP contribution in [-0.2, 0) is 14.3 Å². The first-order chi connectivity index (χ1) is 17.5. The van der Waals surface area contributed by atoms with E-state index in [0.29, 0.717) is 42.5 Å². The topological polar surface area (TPSA) is 80.7 Å². The first-order valence-electron chi connectivity index (χ1n) is 12.2. The zero-order valence-electron chi connectivity index (χ0n) is 20.9. The maximum Gasteiger partial charge on any atom is 0.323 e.